The number of ether oxygens (including phenoxy) is 2. The van der Waals surface area contributed by atoms with Gasteiger partial charge in [0.2, 0.25) is 19.2 Å². The number of alkyl carbamates (subject to hydrolysis) is 1. The molecule has 2 aromatic carbocycles. The summed E-state index contributed by atoms with van der Waals surface area (Å²) in [5.74, 6) is -3.90. The van der Waals surface area contributed by atoms with Crippen LogP contribution in [0.4, 0.5) is 13.6 Å². The van der Waals surface area contributed by atoms with Crippen molar-refractivity contribution in [3.63, 3.8) is 0 Å². The molecule has 1 saturated carbocycles. The zero-order chi connectivity index (χ0) is 39.5. The van der Waals surface area contributed by atoms with E-state index in [9.17, 15) is 36.1 Å². The highest BCUT2D eigenvalue weighted by Gasteiger charge is 2.67. The summed E-state index contributed by atoms with van der Waals surface area (Å²) >= 11 is 3.27. The Kier molecular flexibility index (Phi) is 13.1. The molecule has 1 aliphatic carbocycles. The molecule has 0 spiro atoms. The first-order valence-corrected chi connectivity index (χ1v) is 21.6. The molecule has 0 radical (unpaired) electrons. The standard InChI is InChI=1S/C36H45BrF2N3O10PS/c1-5-50-53(46,22-27-28(38)9-8-10-29(27)39)36-20-23(36)16-18-49-17-7-6-11-30(40-34(45)51-35(2,3)4)33(44)42-21-25(19-31(42)32(43)41-36)52-54(47,48)26-14-12-24(37)13-15-26/h6-10,12-15,23,25,30-31H,5,11,16-22H2,1-4H3,(H,40,45)(H,41,43)/t23-,25+,30+,31+,36+,53?/m1/s1. The Morgan fingerprint density at radius 3 is 2.46 bits per heavy atom. The summed E-state index contributed by atoms with van der Waals surface area (Å²) in [7, 11) is -8.54. The number of halogens is 3. The zero-order valence-electron chi connectivity index (χ0n) is 30.4. The molecule has 3 aliphatic rings. The molecular weight excluding hydrogens is 815 g/mol. The number of rotatable bonds is 9. The van der Waals surface area contributed by atoms with E-state index in [-0.39, 0.29) is 50.5 Å². The van der Waals surface area contributed by atoms with Crippen LogP contribution in [-0.2, 0) is 48.6 Å². The van der Waals surface area contributed by atoms with Crippen LogP contribution in [0.2, 0.25) is 0 Å². The first kappa shape index (κ1) is 41.9. The molecule has 2 heterocycles. The largest absolute Gasteiger partial charge is 0.444 e. The zero-order valence-corrected chi connectivity index (χ0v) is 33.7. The van der Waals surface area contributed by atoms with Gasteiger partial charge in [-0.25, -0.2) is 13.6 Å². The van der Waals surface area contributed by atoms with Gasteiger partial charge in [-0.3, -0.25) is 18.3 Å². The number of nitrogens with zero attached hydrogens (tertiary/aromatic N) is 1. The number of carbonyl (C=O) groups excluding carboxylic acids is 3. The van der Waals surface area contributed by atoms with Crippen molar-refractivity contribution in [2.24, 2.45) is 5.92 Å². The number of hydrogen-bond donors (Lipinski definition) is 2. The minimum Gasteiger partial charge on any atom is -0.444 e. The van der Waals surface area contributed by atoms with E-state index < -0.39 is 93.7 Å². The summed E-state index contributed by atoms with van der Waals surface area (Å²) in [6.45, 7) is 6.35. The Hall–Kier alpha value is -3.21. The van der Waals surface area contributed by atoms with Crippen LogP contribution >= 0.6 is 23.3 Å². The van der Waals surface area contributed by atoms with E-state index in [0.717, 1.165) is 17.0 Å². The normalized spacial score (nSPS) is 26.4. The molecule has 296 valence electrons. The van der Waals surface area contributed by atoms with Crippen molar-refractivity contribution in [3.8, 4) is 0 Å². The Balaban J connectivity index is 1.52. The average Bonchev–Trinajstić information content (AvgIpc) is 3.63. The lowest BCUT2D eigenvalue weighted by atomic mass is 10.1. The van der Waals surface area contributed by atoms with Crippen LogP contribution in [-0.4, -0.2) is 86.7 Å². The molecule has 13 nitrogen and oxygen atoms in total. The minimum atomic E-state index is -4.38. The molecule has 18 heteroatoms. The van der Waals surface area contributed by atoms with Crippen molar-refractivity contribution in [2.45, 2.75) is 93.5 Å². The van der Waals surface area contributed by atoms with Gasteiger partial charge in [-0.05, 0) is 89.3 Å². The van der Waals surface area contributed by atoms with Gasteiger partial charge in [-0.1, -0.05) is 34.1 Å². The van der Waals surface area contributed by atoms with Crippen LogP contribution in [0.5, 0.6) is 0 Å². The van der Waals surface area contributed by atoms with E-state index in [1.54, 1.807) is 39.8 Å². The van der Waals surface area contributed by atoms with Crippen LogP contribution < -0.4 is 10.6 Å². The van der Waals surface area contributed by atoms with Crippen LogP contribution in [0.1, 0.15) is 58.9 Å². The highest BCUT2D eigenvalue weighted by molar-refractivity contribution is 9.10. The fourth-order valence-electron chi connectivity index (χ4n) is 6.76. The maximum atomic E-state index is 15.0. The second-order valence-electron chi connectivity index (χ2n) is 14.4. The van der Waals surface area contributed by atoms with Crippen molar-refractivity contribution in [2.75, 3.05) is 26.4 Å². The van der Waals surface area contributed by atoms with Gasteiger partial charge in [-0.15, -0.1) is 0 Å². The van der Waals surface area contributed by atoms with Gasteiger partial charge in [0.25, 0.3) is 10.1 Å². The second-order valence-corrected chi connectivity index (χ2v) is 19.6. The van der Waals surface area contributed by atoms with Gasteiger partial charge < -0.3 is 29.5 Å². The molecule has 1 saturated heterocycles. The summed E-state index contributed by atoms with van der Waals surface area (Å²) in [5, 5.41) is 3.83. The third-order valence-corrected chi connectivity index (χ3v) is 14.5. The third kappa shape index (κ3) is 9.77. The SMILES string of the molecule is CCOP(=O)(Cc1c(F)cccc1F)[C@@]12C[C@H]1CCOCC=CC[C@H](NC(=O)OC(C)(C)C)C(=O)N1C[C@@H](OS(=O)(=O)c3ccc(Br)cc3)C[C@H]1C(=O)N2. The van der Waals surface area contributed by atoms with Crippen molar-refractivity contribution < 1.29 is 54.3 Å². The molecule has 6 atom stereocenters. The molecule has 2 N–H and O–H groups in total. The van der Waals surface area contributed by atoms with Crippen molar-refractivity contribution in [3.05, 3.63) is 76.3 Å². The van der Waals surface area contributed by atoms with Crippen LogP contribution in [0.15, 0.2) is 64.0 Å². The number of fused-ring (bicyclic) bond motifs is 2. The quantitative estimate of drug-likeness (QED) is 0.173. The Bertz CT molecular complexity index is 1890. The monoisotopic (exact) mass is 859 g/mol. The van der Waals surface area contributed by atoms with E-state index in [1.165, 1.54) is 30.3 Å². The van der Waals surface area contributed by atoms with Crippen molar-refractivity contribution in [1.82, 2.24) is 15.5 Å². The van der Waals surface area contributed by atoms with Crippen LogP contribution in [0.3, 0.4) is 0 Å². The molecule has 54 heavy (non-hydrogen) atoms. The van der Waals surface area contributed by atoms with E-state index >= 15 is 0 Å². The predicted octanol–water partition coefficient (Wildman–Crippen LogP) is 6.01. The molecule has 2 fully saturated rings. The van der Waals surface area contributed by atoms with Gasteiger partial charge in [0, 0.05) is 29.6 Å². The van der Waals surface area contributed by atoms with Crippen molar-refractivity contribution >= 4 is 51.3 Å². The number of amides is 3. The molecule has 5 rings (SSSR count). The molecule has 0 aromatic heterocycles. The second kappa shape index (κ2) is 16.9. The van der Waals surface area contributed by atoms with E-state index in [2.05, 4.69) is 26.6 Å². The Morgan fingerprint density at radius 1 is 1.13 bits per heavy atom. The summed E-state index contributed by atoms with van der Waals surface area (Å²) < 4.78 is 94.8. The minimum absolute atomic E-state index is 0.0324. The van der Waals surface area contributed by atoms with Crippen molar-refractivity contribution in [1.29, 1.82) is 0 Å². The summed E-state index contributed by atoms with van der Waals surface area (Å²) in [4.78, 5) is 42.7. The summed E-state index contributed by atoms with van der Waals surface area (Å²) in [6.07, 6.45) is 0.612. The Morgan fingerprint density at radius 2 is 1.81 bits per heavy atom. The average molecular weight is 861 g/mol. The highest BCUT2D eigenvalue weighted by atomic mass is 79.9. The maximum absolute atomic E-state index is 15.0. The number of hydrogen-bond acceptors (Lipinski definition) is 10. The van der Waals surface area contributed by atoms with Gasteiger partial charge in [0.15, 0.2) is 0 Å². The summed E-state index contributed by atoms with van der Waals surface area (Å²) in [5.41, 5.74) is -1.36. The molecule has 2 aliphatic heterocycles. The van der Waals surface area contributed by atoms with Gasteiger partial charge in [0.05, 0.1) is 30.4 Å². The third-order valence-electron chi connectivity index (χ3n) is 9.35. The van der Waals surface area contributed by atoms with E-state index in [1.807, 2.05) is 0 Å². The fourth-order valence-corrected chi connectivity index (χ4v) is 11.3. The first-order valence-electron chi connectivity index (χ1n) is 17.6. The van der Waals surface area contributed by atoms with E-state index in [4.69, 9.17) is 18.2 Å². The van der Waals surface area contributed by atoms with Gasteiger partial charge in [-0.2, -0.15) is 8.42 Å². The lowest BCUT2D eigenvalue weighted by molar-refractivity contribution is -0.140. The molecule has 1 unspecified atom stereocenters. The molecular formula is C36H45BrF2N3O10PS. The number of nitrogens with one attached hydrogen (secondary N) is 2. The number of benzene rings is 2. The topological polar surface area (TPSA) is 167 Å². The number of carbonyl (C=O) groups is 3. The van der Waals surface area contributed by atoms with Crippen LogP contribution in [0.25, 0.3) is 0 Å². The highest BCUT2D eigenvalue weighted by Crippen LogP contribution is 2.74. The molecule has 3 amide bonds. The smallest absolute Gasteiger partial charge is 0.408 e. The van der Waals surface area contributed by atoms with Crippen LogP contribution in [0, 0.1) is 17.6 Å². The maximum Gasteiger partial charge on any atom is 0.408 e. The first-order chi connectivity index (χ1) is 25.4. The van der Waals surface area contributed by atoms with Gasteiger partial charge >= 0.3 is 6.09 Å². The van der Waals surface area contributed by atoms with E-state index in [0.29, 0.717) is 10.9 Å². The lowest BCUT2D eigenvalue weighted by Crippen LogP contribution is -2.55. The molecule has 2 aromatic rings. The summed E-state index contributed by atoms with van der Waals surface area (Å²) in [6, 6.07) is 6.33. The van der Waals surface area contributed by atoms with Gasteiger partial charge in [0.1, 0.15) is 34.6 Å². The lowest BCUT2D eigenvalue weighted by Gasteiger charge is -2.33. The predicted molar refractivity (Wildman–Crippen MR) is 197 cm³/mol. The Labute approximate surface area is 322 Å². The molecule has 0 bridgehead atoms. The fraction of sp³-hybridized carbons (Fsp3) is 0.528.